The predicted molar refractivity (Wildman–Crippen MR) is 131 cm³/mol. The Morgan fingerprint density at radius 2 is 2.00 bits per heavy atom. The number of hydrogen-bond acceptors (Lipinski definition) is 8. The fraction of sp³-hybridized carbons (Fsp3) is 0.208. The van der Waals surface area contributed by atoms with Gasteiger partial charge in [-0.2, -0.15) is 10.2 Å². The largest absolute Gasteiger partial charge is 0.493 e. The number of nitrogens with zero attached hydrogens (tertiary/aromatic N) is 5. The van der Waals surface area contributed by atoms with Crippen LogP contribution >= 0.6 is 11.3 Å². The van der Waals surface area contributed by atoms with Gasteiger partial charge in [-0.25, -0.2) is 5.01 Å². The van der Waals surface area contributed by atoms with Crippen molar-refractivity contribution < 1.29 is 19.2 Å². The number of ether oxygens (including phenoxy) is 2. The minimum absolute atomic E-state index is 0.0610. The number of fused-ring (bicyclic) bond motifs is 1. The van der Waals surface area contributed by atoms with E-state index in [0.717, 1.165) is 16.2 Å². The van der Waals surface area contributed by atoms with Crippen LogP contribution in [0.2, 0.25) is 0 Å². The van der Waals surface area contributed by atoms with Gasteiger partial charge in [-0.3, -0.25) is 19.6 Å². The lowest BCUT2D eigenvalue weighted by molar-refractivity contribution is -0.384. The average Bonchev–Trinajstić information content (AvgIpc) is 3.63. The highest BCUT2D eigenvalue weighted by Gasteiger charge is 2.34. The van der Waals surface area contributed by atoms with Gasteiger partial charge in [0.25, 0.3) is 11.6 Å². The van der Waals surface area contributed by atoms with Crippen molar-refractivity contribution >= 4 is 39.5 Å². The second-order valence-corrected chi connectivity index (χ2v) is 8.85. The number of aromatic nitrogens is 2. The van der Waals surface area contributed by atoms with Crippen molar-refractivity contribution in [3.8, 4) is 11.5 Å². The summed E-state index contributed by atoms with van der Waals surface area (Å²) in [6.45, 7) is -0.115. The van der Waals surface area contributed by atoms with E-state index in [1.807, 2.05) is 29.6 Å². The van der Waals surface area contributed by atoms with Crippen LogP contribution < -0.4 is 9.47 Å². The molecule has 0 radical (unpaired) electrons. The molecule has 5 rings (SSSR count). The number of non-ortho nitro benzene ring substituents is 1. The minimum Gasteiger partial charge on any atom is -0.493 e. The second-order valence-electron chi connectivity index (χ2n) is 7.90. The van der Waals surface area contributed by atoms with Crippen LogP contribution in [0, 0.1) is 10.1 Å². The highest BCUT2D eigenvalue weighted by atomic mass is 32.1. The number of carbonyl (C=O) groups excluding carboxylic acids is 1. The first-order chi connectivity index (χ1) is 17.0. The molecule has 1 amide bonds. The summed E-state index contributed by atoms with van der Waals surface area (Å²) in [4.78, 5) is 25.3. The third-order valence-corrected chi connectivity index (χ3v) is 6.81. The molecule has 0 bridgehead atoms. The highest BCUT2D eigenvalue weighted by Crippen LogP contribution is 2.38. The Kier molecular flexibility index (Phi) is 5.91. The topological polar surface area (TPSA) is 112 Å². The number of methoxy groups -OCH3 is 2. The summed E-state index contributed by atoms with van der Waals surface area (Å²) < 4.78 is 12.3. The number of rotatable bonds is 7. The monoisotopic (exact) mass is 491 g/mol. The number of nitro groups is 1. The zero-order valence-corrected chi connectivity index (χ0v) is 19.8. The van der Waals surface area contributed by atoms with E-state index in [0.29, 0.717) is 28.8 Å². The first-order valence-corrected chi connectivity index (χ1v) is 11.6. The van der Waals surface area contributed by atoms with Gasteiger partial charge >= 0.3 is 0 Å². The molecule has 0 fully saturated rings. The number of thiophene rings is 1. The molecule has 178 valence electrons. The fourth-order valence-corrected chi connectivity index (χ4v) is 4.87. The van der Waals surface area contributed by atoms with Crippen LogP contribution in [0.1, 0.15) is 22.9 Å². The Balaban J connectivity index is 1.49. The molecular weight excluding hydrogens is 470 g/mol. The molecule has 0 saturated carbocycles. The van der Waals surface area contributed by atoms with Gasteiger partial charge in [0.1, 0.15) is 6.54 Å². The first-order valence-electron chi connectivity index (χ1n) is 10.7. The standard InChI is InChI=1S/C24H21N5O5S/c1-33-21-8-6-15(10-22(21)34-2)20-12-18(23-4-3-9-35-23)26-28(20)24(30)14-27-19-11-17(29(31)32)7-5-16(19)13-25-27/h3-11,13,20H,12,14H2,1-2H3. The molecular formula is C24H21N5O5S. The maximum atomic E-state index is 13.5. The van der Waals surface area contributed by atoms with Crippen LogP contribution in [0.3, 0.4) is 0 Å². The SMILES string of the molecule is COc1ccc(C2CC(c3cccs3)=NN2C(=O)Cn2ncc3ccc([N+](=O)[O-])cc32)cc1OC. The molecule has 0 saturated heterocycles. The zero-order chi connectivity index (χ0) is 24.5. The number of hydrazone groups is 1. The number of amides is 1. The van der Waals surface area contributed by atoms with Gasteiger partial charge in [-0.05, 0) is 35.2 Å². The van der Waals surface area contributed by atoms with Crippen molar-refractivity contribution in [3.63, 3.8) is 0 Å². The van der Waals surface area contributed by atoms with E-state index in [2.05, 4.69) is 10.2 Å². The number of nitro benzene ring substituents is 1. The number of carbonyl (C=O) groups is 1. The summed E-state index contributed by atoms with van der Waals surface area (Å²) >= 11 is 1.56. The molecule has 1 atom stereocenters. The zero-order valence-electron chi connectivity index (χ0n) is 19.0. The quantitative estimate of drug-likeness (QED) is 0.280. The Hall–Kier alpha value is -4.25. The van der Waals surface area contributed by atoms with Crippen LogP contribution in [0.5, 0.6) is 11.5 Å². The maximum absolute atomic E-state index is 13.5. The number of benzene rings is 2. The summed E-state index contributed by atoms with van der Waals surface area (Å²) in [7, 11) is 3.13. The molecule has 0 N–H and O–H groups in total. The van der Waals surface area contributed by atoms with Gasteiger partial charge in [-0.15, -0.1) is 11.3 Å². The van der Waals surface area contributed by atoms with E-state index >= 15 is 0 Å². The summed E-state index contributed by atoms with van der Waals surface area (Å²) in [5.41, 5.74) is 2.12. The summed E-state index contributed by atoms with van der Waals surface area (Å²) in [5, 5.41) is 24.3. The molecule has 1 aliphatic heterocycles. The Bertz CT molecular complexity index is 1450. The van der Waals surface area contributed by atoms with Crippen molar-refractivity contribution in [3.05, 3.63) is 80.7 Å². The van der Waals surface area contributed by atoms with Gasteiger partial charge in [-0.1, -0.05) is 12.1 Å². The van der Waals surface area contributed by atoms with E-state index < -0.39 is 4.92 Å². The van der Waals surface area contributed by atoms with Crippen molar-refractivity contribution in [2.24, 2.45) is 5.10 Å². The summed E-state index contributed by atoms with van der Waals surface area (Å²) in [6, 6.07) is 13.6. The predicted octanol–water partition coefficient (Wildman–Crippen LogP) is 4.40. The fourth-order valence-electron chi connectivity index (χ4n) is 4.15. The lowest BCUT2D eigenvalue weighted by Gasteiger charge is -2.23. The Labute approximate surface area is 204 Å². The van der Waals surface area contributed by atoms with Crippen molar-refractivity contribution in [2.45, 2.75) is 19.0 Å². The number of hydrogen-bond donors (Lipinski definition) is 0. The first kappa shape index (κ1) is 22.5. The Morgan fingerprint density at radius 1 is 1.17 bits per heavy atom. The molecule has 1 aliphatic rings. The van der Waals surface area contributed by atoms with E-state index in [9.17, 15) is 14.9 Å². The molecule has 10 nitrogen and oxygen atoms in total. The molecule has 4 aromatic rings. The van der Waals surface area contributed by atoms with Gasteiger partial charge in [0.05, 0.1) is 47.5 Å². The molecule has 3 heterocycles. The van der Waals surface area contributed by atoms with E-state index in [4.69, 9.17) is 9.47 Å². The van der Waals surface area contributed by atoms with Crippen LogP contribution in [0.25, 0.3) is 10.9 Å². The van der Waals surface area contributed by atoms with Crippen LogP contribution in [0.15, 0.2) is 65.2 Å². The van der Waals surface area contributed by atoms with E-state index in [-0.39, 0.29) is 24.2 Å². The van der Waals surface area contributed by atoms with E-state index in [1.165, 1.54) is 21.8 Å². The second kappa shape index (κ2) is 9.18. The van der Waals surface area contributed by atoms with Crippen LogP contribution in [0.4, 0.5) is 5.69 Å². The van der Waals surface area contributed by atoms with Gasteiger partial charge in [0.15, 0.2) is 11.5 Å². The van der Waals surface area contributed by atoms with Crippen molar-refractivity contribution in [1.29, 1.82) is 0 Å². The van der Waals surface area contributed by atoms with E-state index in [1.54, 1.807) is 43.9 Å². The molecule has 11 heteroatoms. The molecule has 2 aromatic heterocycles. The Morgan fingerprint density at radius 3 is 2.71 bits per heavy atom. The van der Waals surface area contributed by atoms with Crippen LogP contribution in [-0.2, 0) is 11.3 Å². The molecule has 2 aromatic carbocycles. The molecule has 0 spiro atoms. The van der Waals surface area contributed by atoms with Gasteiger partial charge < -0.3 is 9.47 Å². The van der Waals surface area contributed by atoms with Gasteiger partial charge in [0, 0.05) is 23.9 Å². The normalized spacial score (nSPS) is 15.3. The minimum atomic E-state index is -0.468. The lowest BCUT2D eigenvalue weighted by Crippen LogP contribution is -2.30. The van der Waals surface area contributed by atoms with Crippen molar-refractivity contribution in [2.75, 3.05) is 14.2 Å². The average molecular weight is 492 g/mol. The summed E-state index contributed by atoms with van der Waals surface area (Å²) in [5.74, 6) is 0.872. The maximum Gasteiger partial charge on any atom is 0.271 e. The summed E-state index contributed by atoms with van der Waals surface area (Å²) in [6.07, 6.45) is 2.12. The molecule has 1 unspecified atom stereocenters. The third kappa shape index (κ3) is 4.21. The third-order valence-electron chi connectivity index (χ3n) is 5.89. The highest BCUT2D eigenvalue weighted by molar-refractivity contribution is 7.12. The molecule has 35 heavy (non-hydrogen) atoms. The van der Waals surface area contributed by atoms with Gasteiger partial charge in [0.2, 0.25) is 0 Å². The van der Waals surface area contributed by atoms with Crippen LogP contribution in [-0.4, -0.2) is 45.6 Å². The smallest absolute Gasteiger partial charge is 0.271 e. The van der Waals surface area contributed by atoms with Crippen molar-refractivity contribution in [1.82, 2.24) is 14.8 Å². The lowest BCUT2D eigenvalue weighted by atomic mass is 10.0. The molecule has 0 aliphatic carbocycles.